The quantitative estimate of drug-likeness (QED) is 0.770. The highest BCUT2D eigenvalue weighted by atomic mass is 19.3. The van der Waals surface area contributed by atoms with Gasteiger partial charge in [-0.25, -0.2) is 8.78 Å². The second-order valence-electron chi connectivity index (χ2n) is 4.34. The van der Waals surface area contributed by atoms with Gasteiger partial charge in [-0.05, 0) is 38.6 Å². The lowest BCUT2D eigenvalue weighted by atomic mass is 9.80. The molecule has 1 N–H and O–H groups in total. The summed E-state index contributed by atoms with van der Waals surface area (Å²) in [5, 5.41) is 3.02. The van der Waals surface area contributed by atoms with E-state index >= 15 is 0 Å². The van der Waals surface area contributed by atoms with E-state index in [0.29, 0.717) is 19.4 Å². The van der Waals surface area contributed by atoms with Crippen molar-refractivity contribution in [2.24, 2.45) is 0 Å². The molecule has 0 aliphatic heterocycles. The van der Waals surface area contributed by atoms with Crippen LogP contribution < -0.4 is 5.32 Å². The van der Waals surface area contributed by atoms with Gasteiger partial charge in [-0.2, -0.15) is 0 Å². The first kappa shape index (κ1) is 12.8. The first-order valence-electron chi connectivity index (χ1n) is 5.70. The van der Waals surface area contributed by atoms with E-state index < -0.39 is 12.0 Å². The number of ether oxygens (including phenoxy) is 1. The van der Waals surface area contributed by atoms with Crippen molar-refractivity contribution in [3.05, 3.63) is 0 Å². The van der Waals surface area contributed by atoms with Crippen molar-refractivity contribution in [3.63, 3.8) is 0 Å². The second kappa shape index (κ2) is 5.75. The Kier molecular flexibility index (Phi) is 4.93. The number of alkyl halides is 2. The van der Waals surface area contributed by atoms with E-state index in [1.165, 1.54) is 0 Å². The molecule has 0 radical (unpaired) electrons. The Bertz CT molecular complexity index is 189. The molecule has 2 unspecified atom stereocenters. The summed E-state index contributed by atoms with van der Waals surface area (Å²) in [4.78, 5) is 0. The van der Waals surface area contributed by atoms with Gasteiger partial charge in [0, 0.05) is 7.11 Å². The van der Waals surface area contributed by atoms with Gasteiger partial charge in [0.25, 0.3) is 6.43 Å². The number of methoxy groups -OCH3 is 1. The van der Waals surface area contributed by atoms with Gasteiger partial charge in [0.1, 0.15) is 0 Å². The number of hydrogen-bond acceptors (Lipinski definition) is 2. The third kappa shape index (κ3) is 3.11. The van der Waals surface area contributed by atoms with E-state index in [2.05, 4.69) is 5.32 Å². The average molecular weight is 221 g/mol. The molecule has 90 valence electrons. The molecule has 1 aliphatic rings. The van der Waals surface area contributed by atoms with Crippen molar-refractivity contribution in [2.45, 2.75) is 57.1 Å². The molecule has 0 spiro atoms. The highest BCUT2D eigenvalue weighted by Crippen LogP contribution is 2.34. The third-order valence-electron chi connectivity index (χ3n) is 3.22. The fourth-order valence-corrected chi connectivity index (χ4v) is 2.27. The number of nitrogens with one attached hydrogen (secondary N) is 1. The molecule has 0 aromatic carbocycles. The molecule has 0 amide bonds. The summed E-state index contributed by atoms with van der Waals surface area (Å²) in [6, 6.07) is 0. The summed E-state index contributed by atoms with van der Waals surface area (Å²) in [5.74, 6) is 0. The van der Waals surface area contributed by atoms with Crippen LogP contribution in [0.1, 0.15) is 39.0 Å². The van der Waals surface area contributed by atoms with Crippen molar-refractivity contribution in [3.8, 4) is 0 Å². The summed E-state index contributed by atoms with van der Waals surface area (Å²) < 4.78 is 31.4. The molecule has 0 saturated heterocycles. The molecule has 0 bridgehead atoms. The van der Waals surface area contributed by atoms with Crippen LogP contribution in [0, 0.1) is 0 Å². The summed E-state index contributed by atoms with van der Waals surface area (Å²) in [7, 11) is 1.60. The van der Waals surface area contributed by atoms with E-state index in [1.807, 2.05) is 6.92 Å². The monoisotopic (exact) mass is 221 g/mol. The van der Waals surface area contributed by atoms with Crippen molar-refractivity contribution < 1.29 is 13.5 Å². The lowest BCUT2D eigenvalue weighted by molar-refractivity contribution is -0.0429. The standard InChI is InChI=1S/C11H21F2NO/c1-3-7-14-11(10(12)13)6-4-5-9(8-11)15-2/h9-10,14H,3-8H2,1-2H3. The summed E-state index contributed by atoms with van der Waals surface area (Å²) in [6.07, 6.45) is 1.27. The molecule has 0 heterocycles. The topological polar surface area (TPSA) is 21.3 Å². The summed E-state index contributed by atoms with van der Waals surface area (Å²) in [6.45, 7) is 2.64. The molecular formula is C11H21F2NO. The summed E-state index contributed by atoms with van der Waals surface area (Å²) in [5.41, 5.74) is -1.01. The van der Waals surface area contributed by atoms with Crippen LogP contribution in [-0.2, 0) is 4.74 Å². The van der Waals surface area contributed by atoms with Crippen LogP contribution in [0.5, 0.6) is 0 Å². The molecule has 1 saturated carbocycles. The Labute approximate surface area is 90.4 Å². The highest BCUT2D eigenvalue weighted by Gasteiger charge is 2.43. The second-order valence-corrected chi connectivity index (χ2v) is 4.34. The minimum absolute atomic E-state index is 0.0166. The third-order valence-corrected chi connectivity index (χ3v) is 3.22. The Morgan fingerprint density at radius 3 is 2.80 bits per heavy atom. The Morgan fingerprint density at radius 1 is 1.53 bits per heavy atom. The predicted molar refractivity (Wildman–Crippen MR) is 56.3 cm³/mol. The van der Waals surface area contributed by atoms with Gasteiger partial charge >= 0.3 is 0 Å². The molecule has 0 aromatic heterocycles. The number of hydrogen-bond donors (Lipinski definition) is 1. The van der Waals surface area contributed by atoms with Crippen molar-refractivity contribution in [1.82, 2.24) is 5.32 Å². The van der Waals surface area contributed by atoms with Gasteiger partial charge in [-0.15, -0.1) is 0 Å². The number of rotatable bonds is 5. The first-order valence-corrected chi connectivity index (χ1v) is 5.70. The zero-order valence-corrected chi connectivity index (χ0v) is 9.56. The molecule has 1 aliphatic carbocycles. The van der Waals surface area contributed by atoms with E-state index in [9.17, 15) is 8.78 Å². The van der Waals surface area contributed by atoms with E-state index in [4.69, 9.17) is 4.74 Å². The predicted octanol–water partition coefficient (Wildman–Crippen LogP) is 2.58. The maximum Gasteiger partial charge on any atom is 0.256 e. The van der Waals surface area contributed by atoms with Crippen LogP contribution in [0.2, 0.25) is 0 Å². The Balaban J connectivity index is 2.62. The molecule has 2 nitrogen and oxygen atoms in total. The van der Waals surface area contributed by atoms with Crippen LogP contribution in [-0.4, -0.2) is 31.7 Å². The van der Waals surface area contributed by atoms with Gasteiger partial charge in [-0.1, -0.05) is 6.92 Å². The van der Waals surface area contributed by atoms with E-state index in [-0.39, 0.29) is 6.10 Å². The van der Waals surface area contributed by atoms with Crippen LogP contribution >= 0.6 is 0 Å². The molecule has 1 rings (SSSR count). The first-order chi connectivity index (χ1) is 7.14. The normalized spacial score (nSPS) is 32.2. The molecule has 0 aromatic rings. The zero-order chi connectivity index (χ0) is 11.3. The van der Waals surface area contributed by atoms with Crippen LogP contribution in [0.25, 0.3) is 0 Å². The maximum atomic E-state index is 13.1. The van der Waals surface area contributed by atoms with E-state index in [1.54, 1.807) is 7.11 Å². The Hall–Kier alpha value is -0.220. The number of halogens is 2. The van der Waals surface area contributed by atoms with Crippen molar-refractivity contribution >= 4 is 0 Å². The average Bonchev–Trinajstić information content (AvgIpc) is 2.26. The van der Waals surface area contributed by atoms with Crippen LogP contribution in [0.3, 0.4) is 0 Å². The fourth-order valence-electron chi connectivity index (χ4n) is 2.27. The lowest BCUT2D eigenvalue weighted by Crippen LogP contribution is -2.55. The molecular weight excluding hydrogens is 200 g/mol. The Morgan fingerprint density at radius 2 is 2.27 bits per heavy atom. The van der Waals surface area contributed by atoms with Crippen LogP contribution in [0.4, 0.5) is 8.78 Å². The SMILES string of the molecule is CCCNC1(C(F)F)CCCC(OC)C1. The van der Waals surface area contributed by atoms with Gasteiger partial charge in [0.2, 0.25) is 0 Å². The van der Waals surface area contributed by atoms with E-state index in [0.717, 1.165) is 19.3 Å². The molecule has 15 heavy (non-hydrogen) atoms. The van der Waals surface area contributed by atoms with Crippen LogP contribution in [0.15, 0.2) is 0 Å². The van der Waals surface area contributed by atoms with Gasteiger partial charge in [0.05, 0.1) is 11.6 Å². The molecule has 2 atom stereocenters. The summed E-state index contributed by atoms with van der Waals surface area (Å²) >= 11 is 0. The van der Waals surface area contributed by atoms with Gasteiger partial charge < -0.3 is 10.1 Å². The lowest BCUT2D eigenvalue weighted by Gasteiger charge is -2.40. The largest absolute Gasteiger partial charge is 0.381 e. The van der Waals surface area contributed by atoms with Gasteiger partial charge in [0.15, 0.2) is 0 Å². The molecule has 1 fully saturated rings. The van der Waals surface area contributed by atoms with Gasteiger partial charge in [-0.3, -0.25) is 0 Å². The fraction of sp³-hybridized carbons (Fsp3) is 1.00. The zero-order valence-electron chi connectivity index (χ0n) is 9.56. The minimum Gasteiger partial charge on any atom is -0.381 e. The highest BCUT2D eigenvalue weighted by molar-refractivity contribution is 4.96. The van der Waals surface area contributed by atoms with Crippen molar-refractivity contribution in [1.29, 1.82) is 0 Å². The maximum absolute atomic E-state index is 13.1. The molecule has 4 heteroatoms. The van der Waals surface area contributed by atoms with Crippen molar-refractivity contribution in [2.75, 3.05) is 13.7 Å². The smallest absolute Gasteiger partial charge is 0.256 e. The minimum atomic E-state index is -2.30.